The van der Waals surface area contributed by atoms with Crippen molar-refractivity contribution in [3.63, 3.8) is 0 Å². The van der Waals surface area contributed by atoms with Crippen LogP contribution in [-0.4, -0.2) is 15.0 Å². The fraction of sp³-hybridized carbons (Fsp3) is 0. The Morgan fingerprint density at radius 2 is 1.06 bits per heavy atom. The van der Waals surface area contributed by atoms with Crippen LogP contribution in [0.2, 0.25) is 5.28 Å². The molecule has 1 aliphatic heterocycles. The summed E-state index contributed by atoms with van der Waals surface area (Å²) in [7, 11) is 0. The molecule has 0 amide bonds. The molecule has 33 heavy (non-hydrogen) atoms. The predicted molar refractivity (Wildman–Crippen MR) is 130 cm³/mol. The quantitative estimate of drug-likeness (QED) is 0.281. The predicted octanol–water partition coefficient (Wildman–Crippen LogP) is 7.43. The van der Waals surface area contributed by atoms with Crippen molar-refractivity contribution >= 4 is 28.7 Å². The van der Waals surface area contributed by atoms with Gasteiger partial charge in [0.2, 0.25) is 5.28 Å². The van der Waals surface area contributed by atoms with E-state index in [1.807, 2.05) is 91.0 Å². The lowest BCUT2D eigenvalue weighted by Gasteiger charge is -2.32. The molecule has 0 bridgehead atoms. The number of benzene rings is 4. The van der Waals surface area contributed by atoms with Crippen LogP contribution in [0, 0.1) is 0 Å². The summed E-state index contributed by atoms with van der Waals surface area (Å²) in [6.07, 6.45) is 0. The molecule has 0 aliphatic carbocycles. The molecule has 1 aliphatic rings. The van der Waals surface area contributed by atoms with E-state index in [1.54, 1.807) is 0 Å². The van der Waals surface area contributed by atoms with E-state index in [4.69, 9.17) is 16.3 Å². The minimum atomic E-state index is 0.166. The van der Waals surface area contributed by atoms with Gasteiger partial charge in [-0.3, -0.25) is 0 Å². The fourth-order valence-corrected chi connectivity index (χ4v) is 4.10. The van der Waals surface area contributed by atoms with Gasteiger partial charge in [-0.05, 0) is 60.1 Å². The molecule has 0 N–H and O–H groups in total. The first kappa shape index (κ1) is 19.5. The Labute approximate surface area is 195 Å². The van der Waals surface area contributed by atoms with E-state index in [0.29, 0.717) is 11.6 Å². The van der Waals surface area contributed by atoms with Crippen molar-refractivity contribution in [3.05, 3.63) is 108 Å². The summed E-state index contributed by atoms with van der Waals surface area (Å²) in [6.45, 7) is 0. The monoisotopic (exact) mass is 448 g/mol. The lowest BCUT2D eigenvalue weighted by molar-refractivity contribution is 0.477. The summed E-state index contributed by atoms with van der Waals surface area (Å²) in [5.41, 5.74) is 4.72. The Hall–Kier alpha value is -4.22. The maximum Gasteiger partial charge on any atom is 0.226 e. The summed E-state index contributed by atoms with van der Waals surface area (Å²) in [6, 6.07) is 33.9. The van der Waals surface area contributed by atoms with Gasteiger partial charge in [0.05, 0.1) is 11.4 Å². The second-order valence-electron chi connectivity index (χ2n) is 7.54. The van der Waals surface area contributed by atoms with Crippen LogP contribution >= 0.6 is 11.6 Å². The number of hydrogen-bond acceptors (Lipinski definition) is 5. The van der Waals surface area contributed by atoms with Crippen LogP contribution in [0.5, 0.6) is 11.5 Å². The minimum absolute atomic E-state index is 0.166. The van der Waals surface area contributed by atoms with Crippen molar-refractivity contribution in [2.45, 2.75) is 0 Å². The Bertz CT molecular complexity index is 1410. The Balaban J connectivity index is 1.41. The van der Waals surface area contributed by atoms with E-state index in [2.05, 4.69) is 32.0 Å². The zero-order valence-corrected chi connectivity index (χ0v) is 18.1. The summed E-state index contributed by atoms with van der Waals surface area (Å²) >= 11 is 6.23. The largest absolute Gasteiger partial charge is 0.453 e. The Morgan fingerprint density at radius 3 is 1.67 bits per heavy atom. The second kappa shape index (κ2) is 8.04. The van der Waals surface area contributed by atoms with Crippen LogP contribution in [0.25, 0.3) is 22.8 Å². The number of para-hydroxylation sites is 4. The first-order chi connectivity index (χ1) is 16.3. The summed E-state index contributed by atoms with van der Waals surface area (Å²) in [5.74, 6) is 2.71. The number of fused-ring (bicyclic) bond motifs is 2. The molecule has 0 radical (unpaired) electrons. The average molecular weight is 449 g/mol. The van der Waals surface area contributed by atoms with E-state index in [-0.39, 0.29) is 5.28 Å². The van der Waals surface area contributed by atoms with Crippen molar-refractivity contribution < 1.29 is 4.74 Å². The van der Waals surface area contributed by atoms with Gasteiger partial charge in [0.15, 0.2) is 23.1 Å². The van der Waals surface area contributed by atoms with Crippen LogP contribution in [0.4, 0.5) is 17.1 Å². The van der Waals surface area contributed by atoms with Gasteiger partial charge in [-0.1, -0.05) is 54.6 Å². The minimum Gasteiger partial charge on any atom is -0.453 e. The molecule has 0 fully saturated rings. The first-order valence-corrected chi connectivity index (χ1v) is 10.9. The fourth-order valence-electron chi connectivity index (χ4n) is 3.94. The molecule has 0 atom stereocenters. The van der Waals surface area contributed by atoms with Crippen molar-refractivity contribution in [2.75, 3.05) is 4.90 Å². The normalized spacial score (nSPS) is 12.0. The van der Waals surface area contributed by atoms with Gasteiger partial charge in [-0.2, -0.15) is 9.97 Å². The number of aromatic nitrogens is 3. The van der Waals surface area contributed by atoms with E-state index in [0.717, 1.165) is 39.7 Å². The molecule has 5 nitrogen and oxygen atoms in total. The molecule has 6 rings (SSSR count). The van der Waals surface area contributed by atoms with Gasteiger partial charge >= 0.3 is 0 Å². The van der Waals surface area contributed by atoms with Gasteiger partial charge in [0.25, 0.3) is 0 Å². The molecule has 0 saturated carbocycles. The third kappa shape index (κ3) is 3.58. The Kier molecular flexibility index (Phi) is 4.74. The second-order valence-corrected chi connectivity index (χ2v) is 7.88. The number of halogens is 1. The van der Waals surface area contributed by atoms with Gasteiger partial charge in [-0.15, -0.1) is 0 Å². The van der Waals surface area contributed by atoms with E-state index >= 15 is 0 Å². The highest BCUT2D eigenvalue weighted by atomic mass is 35.5. The molecule has 0 saturated heterocycles. The maximum atomic E-state index is 6.23. The summed E-state index contributed by atoms with van der Waals surface area (Å²) in [5, 5.41) is 0.166. The molecular weight excluding hydrogens is 432 g/mol. The molecule has 1 aromatic heterocycles. The summed E-state index contributed by atoms with van der Waals surface area (Å²) < 4.78 is 6.11. The smallest absolute Gasteiger partial charge is 0.226 e. The van der Waals surface area contributed by atoms with Crippen LogP contribution in [0.1, 0.15) is 0 Å². The zero-order valence-electron chi connectivity index (χ0n) is 17.4. The van der Waals surface area contributed by atoms with Crippen molar-refractivity contribution in [1.29, 1.82) is 0 Å². The first-order valence-electron chi connectivity index (χ1n) is 10.5. The number of anilines is 3. The average Bonchev–Trinajstić information content (AvgIpc) is 2.87. The van der Waals surface area contributed by atoms with Crippen molar-refractivity contribution in [2.24, 2.45) is 0 Å². The van der Waals surface area contributed by atoms with Gasteiger partial charge in [0, 0.05) is 16.8 Å². The van der Waals surface area contributed by atoms with Crippen LogP contribution in [0.3, 0.4) is 0 Å². The number of nitrogens with zero attached hydrogens (tertiary/aromatic N) is 4. The van der Waals surface area contributed by atoms with E-state index in [9.17, 15) is 0 Å². The van der Waals surface area contributed by atoms with Gasteiger partial charge in [0.1, 0.15) is 0 Å². The molecule has 6 heteroatoms. The molecular formula is C27H17ClN4O. The molecule has 0 spiro atoms. The Morgan fingerprint density at radius 1 is 0.545 bits per heavy atom. The van der Waals surface area contributed by atoms with Gasteiger partial charge in [-0.25, -0.2) is 4.98 Å². The van der Waals surface area contributed by atoms with Crippen LogP contribution in [0.15, 0.2) is 103 Å². The van der Waals surface area contributed by atoms with Gasteiger partial charge < -0.3 is 9.64 Å². The van der Waals surface area contributed by atoms with E-state index < -0.39 is 0 Å². The van der Waals surface area contributed by atoms with Crippen LogP contribution in [-0.2, 0) is 0 Å². The topological polar surface area (TPSA) is 51.1 Å². The molecule has 0 unspecified atom stereocenters. The zero-order chi connectivity index (χ0) is 22.2. The highest BCUT2D eigenvalue weighted by Crippen LogP contribution is 2.50. The number of hydrogen-bond donors (Lipinski definition) is 0. The SMILES string of the molecule is Clc1nc(-c2ccccc2)nc(-c2ccc(N3c4ccccc4Oc4ccccc43)cc2)n1. The standard InChI is InChI=1S/C27H17ClN4O/c28-27-30-25(18-8-2-1-3-9-18)29-26(31-27)19-14-16-20(17-15-19)32-21-10-4-6-12-23(21)33-24-13-7-5-11-22(24)32/h1-17H. The third-order valence-electron chi connectivity index (χ3n) is 5.46. The highest BCUT2D eigenvalue weighted by Gasteiger charge is 2.25. The lowest BCUT2D eigenvalue weighted by Crippen LogP contribution is -2.15. The highest BCUT2D eigenvalue weighted by molar-refractivity contribution is 6.28. The molecule has 5 aromatic rings. The number of ether oxygens (including phenoxy) is 1. The number of rotatable bonds is 3. The maximum absolute atomic E-state index is 6.23. The molecule has 4 aromatic carbocycles. The summed E-state index contributed by atoms with van der Waals surface area (Å²) in [4.78, 5) is 15.5. The third-order valence-corrected chi connectivity index (χ3v) is 5.63. The van der Waals surface area contributed by atoms with Crippen LogP contribution < -0.4 is 9.64 Å². The lowest BCUT2D eigenvalue weighted by atomic mass is 10.1. The molecule has 158 valence electrons. The molecule has 2 heterocycles. The van der Waals surface area contributed by atoms with Crippen molar-refractivity contribution in [3.8, 4) is 34.3 Å². The van der Waals surface area contributed by atoms with E-state index in [1.165, 1.54) is 0 Å². The van der Waals surface area contributed by atoms with Crippen molar-refractivity contribution in [1.82, 2.24) is 15.0 Å².